The Kier molecular flexibility index (Phi) is 4.53. The van der Waals surface area contributed by atoms with Crippen molar-refractivity contribution in [1.29, 1.82) is 0 Å². The smallest absolute Gasteiger partial charge is 0.336 e. The second kappa shape index (κ2) is 6.34. The topological polar surface area (TPSA) is 55.8 Å². The minimum atomic E-state index is -0.996. The minimum Gasteiger partial charge on any atom is -0.493 e. The van der Waals surface area contributed by atoms with Gasteiger partial charge in [0.25, 0.3) is 0 Å². The Morgan fingerprint density at radius 2 is 1.75 bits per heavy atom. The number of carbonyl (C=O) groups is 1. The van der Waals surface area contributed by atoms with Gasteiger partial charge in [-0.05, 0) is 24.3 Å². The molecular weight excluding hydrogens is 276 g/mol. The lowest BCUT2D eigenvalue weighted by molar-refractivity contribution is 0.0692. The summed E-state index contributed by atoms with van der Waals surface area (Å²) in [5.41, 5.74) is 0.191. The Balaban J connectivity index is 2.55. The zero-order valence-corrected chi connectivity index (χ0v) is 11.9. The van der Waals surface area contributed by atoms with Crippen LogP contribution in [0.25, 0.3) is 0 Å². The molecule has 2 aromatic carbocycles. The van der Waals surface area contributed by atoms with Crippen molar-refractivity contribution >= 4 is 17.7 Å². The summed E-state index contributed by atoms with van der Waals surface area (Å²) < 4.78 is 10.5. The Labute approximate surface area is 121 Å². The first-order chi connectivity index (χ1) is 9.67. The Bertz CT molecular complexity index is 611. The van der Waals surface area contributed by atoms with Crippen LogP contribution in [0.4, 0.5) is 0 Å². The van der Waals surface area contributed by atoms with Gasteiger partial charge in [0.1, 0.15) is 0 Å². The molecule has 0 aromatic heterocycles. The number of rotatable bonds is 5. The van der Waals surface area contributed by atoms with Gasteiger partial charge in [0.2, 0.25) is 0 Å². The van der Waals surface area contributed by atoms with Crippen LogP contribution in [0.3, 0.4) is 0 Å². The van der Waals surface area contributed by atoms with Crippen LogP contribution in [0.2, 0.25) is 0 Å². The molecule has 0 heterocycles. The van der Waals surface area contributed by atoms with E-state index in [9.17, 15) is 9.90 Å². The number of aromatic carboxylic acids is 1. The molecule has 2 aromatic rings. The Morgan fingerprint density at radius 1 is 1.05 bits per heavy atom. The average molecular weight is 290 g/mol. The zero-order valence-electron chi connectivity index (χ0n) is 11.1. The quantitative estimate of drug-likeness (QED) is 0.912. The van der Waals surface area contributed by atoms with Crippen molar-refractivity contribution < 1.29 is 19.4 Å². The maximum Gasteiger partial charge on any atom is 0.336 e. The molecule has 0 aliphatic rings. The highest BCUT2D eigenvalue weighted by molar-refractivity contribution is 7.99. The van der Waals surface area contributed by atoms with E-state index in [-0.39, 0.29) is 5.56 Å². The first-order valence-electron chi connectivity index (χ1n) is 5.88. The lowest BCUT2D eigenvalue weighted by atomic mass is 10.2. The second-order valence-electron chi connectivity index (χ2n) is 3.90. The summed E-state index contributed by atoms with van der Waals surface area (Å²) in [5, 5.41) is 9.32. The lowest BCUT2D eigenvalue weighted by Gasteiger charge is -2.14. The normalized spacial score (nSPS) is 10.1. The third-order valence-electron chi connectivity index (χ3n) is 2.69. The zero-order chi connectivity index (χ0) is 14.5. The predicted molar refractivity (Wildman–Crippen MR) is 77.1 cm³/mol. The third-order valence-corrected chi connectivity index (χ3v) is 3.81. The Hall–Kier alpha value is -2.14. The number of carboxylic acid groups (broad SMARTS) is 1. The molecule has 0 amide bonds. The van der Waals surface area contributed by atoms with Crippen LogP contribution in [0.5, 0.6) is 11.5 Å². The van der Waals surface area contributed by atoms with Crippen LogP contribution in [0.15, 0.2) is 52.3 Å². The number of ether oxygens (including phenoxy) is 2. The van der Waals surface area contributed by atoms with Crippen molar-refractivity contribution in [2.24, 2.45) is 0 Å². The monoisotopic (exact) mass is 290 g/mol. The van der Waals surface area contributed by atoms with Crippen LogP contribution in [0.1, 0.15) is 10.4 Å². The predicted octanol–water partition coefficient (Wildman–Crippen LogP) is 3.55. The number of benzene rings is 2. The van der Waals surface area contributed by atoms with Crippen molar-refractivity contribution in [1.82, 2.24) is 0 Å². The molecule has 0 bridgehead atoms. The summed E-state index contributed by atoms with van der Waals surface area (Å²) in [6.07, 6.45) is 0. The highest BCUT2D eigenvalue weighted by Crippen LogP contribution is 2.43. The van der Waals surface area contributed by atoms with Crippen molar-refractivity contribution in [3.8, 4) is 11.5 Å². The first-order valence-corrected chi connectivity index (χ1v) is 6.70. The second-order valence-corrected chi connectivity index (χ2v) is 4.98. The van der Waals surface area contributed by atoms with Gasteiger partial charge < -0.3 is 14.6 Å². The Morgan fingerprint density at radius 3 is 2.30 bits per heavy atom. The molecule has 0 aliphatic heterocycles. The maximum atomic E-state index is 11.4. The van der Waals surface area contributed by atoms with Crippen LogP contribution in [0, 0.1) is 0 Å². The molecule has 104 valence electrons. The van der Waals surface area contributed by atoms with Gasteiger partial charge in [0.05, 0.1) is 24.7 Å². The molecule has 0 aliphatic carbocycles. The molecule has 0 fully saturated rings. The molecule has 0 saturated heterocycles. The van der Waals surface area contributed by atoms with E-state index in [2.05, 4.69) is 0 Å². The van der Waals surface area contributed by atoms with E-state index in [0.717, 1.165) is 4.90 Å². The highest BCUT2D eigenvalue weighted by Gasteiger charge is 2.20. The largest absolute Gasteiger partial charge is 0.493 e. The molecule has 0 unspecified atom stereocenters. The molecule has 0 saturated carbocycles. The van der Waals surface area contributed by atoms with Gasteiger partial charge >= 0.3 is 5.97 Å². The molecule has 4 nitrogen and oxygen atoms in total. The maximum absolute atomic E-state index is 11.4. The molecule has 1 N–H and O–H groups in total. The van der Waals surface area contributed by atoms with Crippen molar-refractivity contribution in [2.75, 3.05) is 14.2 Å². The van der Waals surface area contributed by atoms with E-state index in [4.69, 9.17) is 9.47 Å². The third kappa shape index (κ3) is 2.88. The van der Waals surface area contributed by atoms with Gasteiger partial charge in [-0.3, -0.25) is 0 Å². The minimum absolute atomic E-state index is 0.191. The van der Waals surface area contributed by atoms with Gasteiger partial charge in [-0.2, -0.15) is 0 Å². The van der Waals surface area contributed by atoms with Crippen LogP contribution in [-0.2, 0) is 0 Å². The number of hydrogen-bond donors (Lipinski definition) is 1. The van der Waals surface area contributed by atoms with Crippen molar-refractivity contribution in [3.63, 3.8) is 0 Å². The molecule has 2 rings (SSSR count). The van der Waals surface area contributed by atoms with E-state index >= 15 is 0 Å². The van der Waals surface area contributed by atoms with Crippen molar-refractivity contribution in [3.05, 3.63) is 48.0 Å². The fourth-order valence-electron chi connectivity index (χ4n) is 1.77. The molecule has 0 atom stereocenters. The standard InChI is InChI=1S/C15H14O4S/c1-18-12-9-8-11(15(16)17)14(13(12)19-2)20-10-6-4-3-5-7-10/h3-9H,1-2H3,(H,16,17). The van der Waals surface area contributed by atoms with Crippen molar-refractivity contribution in [2.45, 2.75) is 9.79 Å². The van der Waals surface area contributed by atoms with Gasteiger partial charge in [-0.15, -0.1) is 0 Å². The van der Waals surface area contributed by atoms with Gasteiger partial charge in [0, 0.05) is 4.90 Å². The van der Waals surface area contributed by atoms with E-state index < -0.39 is 5.97 Å². The summed E-state index contributed by atoms with van der Waals surface area (Å²) in [6, 6.07) is 12.6. The number of hydrogen-bond acceptors (Lipinski definition) is 4. The number of carboxylic acids is 1. The summed E-state index contributed by atoms with van der Waals surface area (Å²) in [6.45, 7) is 0. The summed E-state index contributed by atoms with van der Waals surface area (Å²) >= 11 is 1.34. The SMILES string of the molecule is COc1ccc(C(=O)O)c(Sc2ccccc2)c1OC. The van der Waals surface area contributed by atoms with E-state index in [1.54, 1.807) is 6.07 Å². The molecule has 20 heavy (non-hydrogen) atoms. The molecular formula is C15H14O4S. The summed E-state index contributed by atoms with van der Waals surface area (Å²) in [5.74, 6) is -0.0541. The summed E-state index contributed by atoms with van der Waals surface area (Å²) in [7, 11) is 3.02. The van der Waals surface area contributed by atoms with Crippen LogP contribution >= 0.6 is 11.8 Å². The fourth-order valence-corrected chi connectivity index (χ4v) is 2.85. The van der Waals surface area contributed by atoms with Gasteiger partial charge in [-0.25, -0.2) is 4.79 Å². The summed E-state index contributed by atoms with van der Waals surface area (Å²) in [4.78, 5) is 12.8. The lowest BCUT2D eigenvalue weighted by Crippen LogP contribution is -2.02. The van der Waals surface area contributed by atoms with Gasteiger partial charge in [-0.1, -0.05) is 30.0 Å². The van der Waals surface area contributed by atoms with Crippen LogP contribution in [-0.4, -0.2) is 25.3 Å². The highest BCUT2D eigenvalue weighted by atomic mass is 32.2. The van der Waals surface area contributed by atoms with Crippen LogP contribution < -0.4 is 9.47 Å². The average Bonchev–Trinajstić information content (AvgIpc) is 2.47. The molecule has 5 heteroatoms. The molecule has 0 spiro atoms. The van der Waals surface area contributed by atoms with Gasteiger partial charge in [0.15, 0.2) is 11.5 Å². The molecule has 0 radical (unpaired) electrons. The van der Waals surface area contributed by atoms with E-state index in [1.165, 1.54) is 32.0 Å². The van der Waals surface area contributed by atoms with E-state index in [0.29, 0.717) is 16.4 Å². The first kappa shape index (κ1) is 14.3. The van der Waals surface area contributed by atoms with E-state index in [1.807, 2.05) is 30.3 Å². The fraction of sp³-hybridized carbons (Fsp3) is 0.133. The number of methoxy groups -OCH3 is 2.